The molecule has 2 N–H and O–H groups in total. The molecule has 2 amide bonds. The fourth-order valence-electron chi connectivity index (χ4n) is 2.56. The largest absolute Gasteiger partial charge is 0.484 e. The number of hydrogen-bond acceptors (Lipinski definition) is 3. The van der Waals surface area contributed by atoms with Gasteiger partial charge in [0.25, 0.3) is 11.8 Å². The maximum absolute atomic E-state index is 12.2. The molecule has 0 saturated carbocycles. The van der Waals surface area contributed by atoms with E-state index in [9.17, 15) is 9.59 Å². The summed E-state index contributed by atoms with van der Waals surface area (Å²) >= 11 is 5.92. The van der Waals surface area contributed by atoms with Crippen LogP contribution in [0.3, 0.4) is 0 Å². The minimum atomic E-state index is -0.288. The molecule has 0 heterocycles. The summed E-state index contributed by atoms with van der Waals surface area (Å²) in [5.74, 6) is -0.0216. The van der Waals surface area contributed by atoms with Crippen molar-refractivity contribution in [2.75, 3.05) is 17.2 Å². The molecule has 0 aromatic heterocycles. The van der Waals surface area contributed by atoms with Crippen molar-refractivity contribution in [1.29, 1.82) is 0 Å². The number of carbonyl (C=O) groups excluding carboxylic acids is 2. The highest BCUT2D eigenvalue weighted by molar-refractivity contribution is 6.30. The zero-order valence-corrected chi connectivity index (χ0v) is 16.0. The summed E-state index contributed by atoms with van der Waals surface area (Å²) in [7, 11) is 0. The van der Waals surface area contributed by atoms with Gasteiger partial charge in [-0.05, 0) is 55.0 Å². The predicted octanol–water partition coefficient (Wildman–Crippen LogP) is 4.92. The van der Waals surface area contributed by atoms with Crippen LogP contribution in [0.15, 0.2) is 72.8 Å². The second kappa shape index (κ2) is 9.06. The minimum Gasteiger partial charge on any atom is -0.484 e. The van der Waals surface area contributed by atoms with Crippen molar-refractivity contribution in [2.24, 2.45) is 0 Å². The average Bonchev–Trinajstić information content (AvgIpc) is 2.69. The summed E-state index contributed by atoms with van der Waals surface area (Å²) in [6.45, 7) is 1.71. The number of rotatable bonds is 6. The first kappa shape index (κ1) is 19.5. The number of benzene rings is 3. The van der Waals surface area contributed by atoms with Crippen LogP contribution < -0.4 is 15.4 Å². The third kappa shape index (κ3) is 5.34. The number of hydrogen-bond donors (Lipinski definition) is 2. The highest BCUT2D eigenvalue weighted by atomic mass is 35.5. The van der Waals surface area contributed by atoms with E-state index in [2.05, 4.69) is 10.6 Å². The topological polar surface area (TPSA) is 67.4 Å². The fraction of sp³-hybridized carbons (Fsp3) is 0.0909. The molecule has 3 aromatic carbocycles. The molecule has 0 aliphatic rings. The second-order valence-corrected chi connectivity index (χ2v) is 6.58. The molecule has 0 spiro atoms. The molecular weight excluding hydrogens is 376 g/mol. The standard InChI is InChI=1S/C22H19ClN2O3/c1-15-12-17(23)10-11-20(15)25-21(26)14-28-19-9-5-8-18(13-19)24-22(27)16-6-3-2-4-7-16/h2-13H,14H2,1H3,(H,24,27)(H,25,26). The molecule has 0 atom stereocenters. The Morgan fingerprint density at radius 1 is 0.929 bits per heavy atom. The SMILES string of the molecule is Cc1cc(Cl)ccc1NC(=O)COc1cccc(NC(=O)c2ccccc2)c1. The van der Waals surface area contributed by atoms with Crippen LogP contribution in [0.1, 0.15) is 15.9 Å². The Bertz CT molecular complexity index is 990. The Morgan fingerprint density at radius 2 is 1.71 bits per heavy atom. The molecule has 0 unspecified atom stereocenters. The lowest BCUT2D eigenvalue weighted by Crippen LogP contribution is -2.20. The summed E-state index contributed by atoms with van der Waals surface area (Å²) in [5.41, 5.74) is 2.69. The third-order valence-electron chi connectivity index (χ3n) is 3.96. The lowest BCUT2D eigenvalue weighted by molar-refractivity contribution is -0.118. The first-order valence-electron chi connectivity index (χ1n) is 8.66. The second-order valence-electron chi connectivity index (χ2n) is 6.14. The van der Waals surface area contributed by atoms with E-state index in [1.54, 1.807) is 66.7 Å². The number of anilines is 2. The van der Waals surface area contributed by atoms with E-state index in [4.69, 9.17) is 16.3 Å². The van der Waals surface area contributed by atoms with Gasteiger partial charge in [-0.25, -0.2) is 0 Å². The van der Waals surface area contributed by atoms with Gasteiger partial charge in [0, 0.05) is 28.0 Å². The zero-order valence-electron chi connectivity index (χ0n) is 15.2. The number of amides is 2. The summed E-state index contributed by atoms with van der Waals surface area (Å²) in [6, 6.07) is 21.0. The van der Waals surface area contributed by atoms with Crippen LogP contribution >= 0.6 is 11.6 Å². The van der Waals surface area contributed by atoms with Crippen LogP contribution in [-0.2, 0) is 4.79 Å². The summed E-state index contributed by atoms with van der Waals surface area (Å²) in [6.07, 6.45) is 0. The Kier molecular flexibility index (Phi) is 6.29. The maximum atomic E-state index is 12.2. The highest BCUT2D eigenvalue weighted by Gasteiger charge is 2.08. The quantitative estimate of drug-likeness (QED) is 0.623. The van der Waals surface area contributed by atoms with E-state index >= 15 is 0 Å². The molecule has 5 nitrogen and oxygen atoms in total. The average molecular weight is 395 g/mol. The molecule has 142 valence electrons. The smallest absolute Gasteiger partial charge is 0.262 e. The number of halogens is 1. The summed E-state index contributed by atoms with van der Waals surface area (Å²) < 4.78 is 5.54. The van der Waals surface area contributed by atoms with Crippen LogP contribution in [0.2, 0.25) is 5.02 Å². The van der Waals surface area contributed by atoms with Gasteiger partial charge in [-0.3, -0.25) is 9.59 Å². The number of aryl methyl sites for hydroxylation is 1. The van der Waals surface area contributed by atoms with E-state index in [0.717, 1.165) is 5.56 Å². The molecule has 0 aliphatic heterocycles. The van der Waals surface area contributed by atoms with Crippen molar-refractivity contribution in [1.82, 2.24) is 0 Å². The Labute approximate surface area is 168 Å². The summed E-state index contributed by atoms with van der Waals surface area (Å²) in [5, 5.41) is 6.20. The van der Waals surface area contributed by atoms with Gasteiger partial charge in [0.2, 0.25) is 0 Å². The van der Waals surface area contributed by atoms with Crippen LogP contribution in [-0.4, -0.2) is 18.4 Å². The van der Waals surface area contributed by atoms with Crippen molar-refractivity contribution in [2.45, 2.75) is 6.92 Å². The normalized spacial score (nSPS) is 10.2. The lowest BCUT2D eigenvalue weighted by Gasteiger charge is -2.11. The van der Waals surface area contributed by atoms with E-state index in [1.807, 2.05) is 13.0 Å². The number of carbonyl (C=O) groups is 2. The van der Waals surface area contributed by atoms with Crippen LogP contribution in [0, 0.1) is 6.92 Å². The molecule has 0 bridgehead atoms. The van der Waals surface area contributed by atoms with Gasteiger partial charge < -0.3 is 15.4 Å². The molecule has 0 radical (unpaired) electrons. The molecule has 0 saturated heterocycles. The fourth-order valence-corrected chi connectivity index (χ4v) is 2.79. The zero-order chi connectivity index (χ0) is 19.9. The van der Waals surface area contributed by atoms with Crippen LogP contribution in [0.5, 0.6) is 5.75 Å². The van der Waals surface area contributed by atoms with Gasteiger partial charge >= 0.3 is 0 Å². The van der Waals surface area contributed by atoms with E-state index < -0.39 is 0 Å². The first-order chi connectivity index (χ1) is 13.5. The van der Waals surface area contributed by atoms with Gasteiger partial charge in [-0.2, -0.15) is 0 Å². The minimum absolute atomic E-state index is 0.155. The first-order valence-corrected chi connectivity index (χ1v) is 9.04. The number of ether oxygens (including phenoxy) is 1. The van der Waals surface area contributed by atoms with Gasteiger partial charge in [0.15, 0.2) is 6.61 Å². The van der Waals surface area contributed by atoms with Gasteiger partial charge in [-0.1, -0.05) is 35.9 Å². The van der Waals surface area contributed by atoms with E-state index in [1.165, 1.54) is 0 Å². The Balaban J connectivity index is 1.57. The van der Waals surface area contributed by atoms with Crippen LogP contribution in [0.25, 0.3) is 0 Å². The lowest BCUT2D eigenvalue weighted by atomic mass is 10.2. The monoisotopic (exact) mass is 394 g/mol. The Morgan fingerprint density at radius 3 is 2.46 bits per heavy atom. The number of nitrogens with one attached hydrogen (secondary N) is 2. The molecular formula is C22H19ClN2O3. The molecule has 3 aromatic rings. The van der Waals surface area contributed by atoms with Gasteiger partial charge in [-0.15, -0.1) is 0 Å². The molecule has 3 rings (SSSR count). The van der Waals surface area contributed by atoms with Crippen LogP contribution in [0.4, 0.5) is 11.4 Å². The van der Waals surface area contributed by atoms with Crippen molar-refractivity contribution < 1.29 is 14.3 Å². The van der Waals surface area contributed by atoms with Crippen molar-refractivity contribution in [3.8, 4) is 5.75 Å². The van der Waals surface area contributed by atoms with Gasteiger partial charge in [0.1, 0.15) is 5.75 Å². The van der Waals surface area contributed by atoms with Crippen molar-refractivity contribution in [3.05, 3.63) is 88.9 Å². The molecule has 0 aliphatic carbocycles. The van der Waals surface area contributed by atoms with Gasteiger partial charge in [0.05, 0.1) is 0 Å². The molecule has 6 heteroatoms. The maximum Gasteiger partial charge on any atom is 0.262 e. The predicted molar refractivity (Wildman–Crippen MR) is 111 cm³/mol. The molecule has 28 heavy (non-hydrogen) atoms. The third-order valence-corrected chi connectivity index (χ3v) is 4.20. The molecule has 0 fully saturated rings. The van der Waals surface area contributed by atoms with E-state index in [0.29, 0.717) is 27.7 Å². The highest BCUT2D eigenvalue weighted by Crippen LogP contribution is 2.20. The summed E-state index contributed by atoms with van der Waals surface area (Å²) in [4.78, 5) is 24.4. The van der Waals surface area contributed by atoms with Crippen molar-refractivity contribution in [3.63, 3.8) is 0 Å². The van der Waals surface area contributed by atoms with Crippen molar-refractivity contribution >= 4 is 34.8 Å². The Hall–Kier alpha value is -3.31. The van der Waals surface area contributed by atoms with E-state index in [-0.39, 0.29) is 18.4 Å².